The molecule has 3 heterocycles. The summed E-state index contributed by atoms with van der Waals surface area (Å²) in [5, 5.41) is 2.97. The molecule has 1 atom stereocenters. The number of piperidine rings is 1. The molecule has 35 heavy (non-hydrogen) atoms. The number of nitrogens with zero attached hydrogens (tertiary/aromatic N) is 2. The summed E-state index contributed by atoms with van der Waals surface area (Å²) in [6.45, 7) is 1.69. The molecule has 0 saturated carbocycles. The number of hydrogen-bond acceptors (Lipinski definition) is 4. The van der Waals surface area contributed by atoms with Crippen LogP contribution >= 0.6 is 0 Å². The van der Waals surface area contributed by atoms with Crippen LogP contribution in [0.5, 0.6) is 0 Å². The Balaban J connectivity index is 1.14. The Morgan fingerprint density at radius 2 is 1.83 bits per heavy atom. The van der Waals surface area contributed by atoms with Gasteiger partial charge in [-0.3, -0.25) is 14.6 Å². The first-order valence-corrected chi connectivity index (χ1v) is 12.0. The Morgan fingerprint density at radius 3 is 2.60 bits per heavy atom. The number of amides is 2. The second kappa shape index (κ2) is 9.96. The van der Waals surface area contributed by atoms with Gasteiger partial charge in [0, 0.05) is 37.0 Å². The predicted octanol–water partition coefficient (Wildman–Crippen LogP) is 4.47. The van der Waals surface area contributed by atoms with Gasteiger partial charge in [-0.05, 0) is 61.6 Å². The molecule has 2 aliphatic heterocycles. The third-order valence-corrected chi connectivity index (χ3v) is 6.98. The minimum Gasteiger partial charge on any atom is -0.370 e. The molecule has 2 saturated heterocycles. The van der Waals surface area contributed by atoms with Gasteiger partial charge in [0.25, 0.3) is 11.8 Å². The zero-order valence-corrected chi connectivity index (χ0v) is 19.5. The van der Waals surface area contributed by atoms with E-state index in [1.165, 1.54) is 6.07 Å². The molecule has 7 heteroatoms. The highest BCUT2D eigenvalue weighted by Gasteiger charge is 2.43. The number of benzene rings is 2. The van der Waals surface area contributed by atoms with Crippen LogP contribution in [0, 0.1) is 5.82 Å². The van der Waals surface area contributed by atoms with E-state index < -0.39 is 0 Å². The number of pyridine rings is 1. The van der Waals surface area contributed by atoms with E-state index in [4.69, 9.17) is 4.74 Å². The lowest BCUT2D eigenvalue weighted by molar-refractivity contribution is -0.0712. The van der Waals surface area contributed by atoms with Crippen LogP contribution in [0.25, 0.3) is 11.1 Å². The third kappa shape index (κ3) is 5.10. The van der Waals surface area contributed by atoms with Crippen LogP contribution in [-0.4, -0.2) is 53.0 Å². The number of carbonyl (C=O) groups is 2. The van der Waals surface area contributed by atoms with Crippen LogP contribution in [0.1, 0.15) is 46.5 Å². The second-order valence-corrected chi connectivity index (χ2v) is 9.24. The Morgan fingerprint density at radius 1 is 1.03 bits per heavy atom. The number of rotatable bonds is 5. The fraction of sp³-hybridized carbons (Fsp3) is 0.321. The van der Waals surface area contributed by atoms with Crippen LogP contribution in [0.15, 0.2) is 72.9 Å². The van der Waals surface area contributed by atoms with Crippen LogP contribution in [0.3, 0.4) is 0 Å². The summed E-state index contributed by atoms with van der Waals surface area (Å²) in [6.07, 6.45) is 4.91. The number of ether oxygens (including phenoxy) is 1. The zero-order chi connectivity index (χ0) is 24.3. The molecule has 0 radical (unpaired) electrons. The monoisotopic (exact) mass is 473 g/mol. The molecular weight excluding hydrogens is 445 g/mol. The highest BCUT2D eigenvalue weighted by Crippen LogP contribution is 2.39. The molecule has 0 bridgehead atoms. The standard InChI is InChI=1S/C28H28FN3O3/c29-24-9-2-1-8-23(24)20-6-5-7-21(18-20)26(33)31-19-22-11-12-28(35-22)13-16-32(17-14-28)27(34)25-10-3-4-15-30-25/h1-10,15,18,22H,11-14,16-17,19H2,(H,31,33). The van der Waals surface area contributed by atoms with E-state index in [1.807, 2.05) is 11.0 Å². The highest BCUT2D eigenvalue weighted by molar-refractivity contribution is 5.95. The fourth-order valence-electron chi connectivity index (χ4n) is 5.01. The molecule has 2 aliphatic rings. The second-order valence-electron chi connectivity index (χ2n) is 9.24. The van der Waals surface area contributed by atoms with Crippen molar-refractivity contribution in [2.75, 3.05) is 19.6 Å². The number of carbonyl (C=O) groups excluding carboxylic acids is 2. The predicted molar refractivity (Wildman–Crippen MR) is 130 cm³/mol. The van der Waals surface area contributed by atoms with E-state index in [1.54, 1.807) is 60.8 Å². The van der Waals surface area contributed by atoms with Crippen molar-refractivity contribution in [2.24, 2.45) is 0 Å². The van der Waals surface area contributed by atoms with Crippen molar-refractivity contribution in [3.8, 4) is 11.1 Å². The van der Waals surface area contributed by atoms with Crippen LogP contribution in [-0.2, 0) is 4.74 Å². The topological polar surface area (TPSA) is 71.5 Å². The summed E-state index contributed by atoms with van der Waals surface area (Å²) in [5.41, 5.74) is 1.85. The van der Waals surface area contributed by atoms with E-state index in [9.17, 15) is 14.0 Å². The van der Waals surface area contributed by atoms with E-state index in [0.717, 1.165) is 25.7 Å². The highest BCUT2D eigenvalue weighted by atomic mass is 19.1. The molecule has 1 aromatic heterocycles. The molecule has 2 fully saturated rings. The summed E-state index contributed by atoms with van der Waals surface area (Å²) in [7, 11) is 0. The summed E-state index contributed by atoms with van der Waals surface area (Å²) in [6, 6.07) is 18.9. The number of aromatic nitrogens is 1. The van der Waals surface area contributed by atoms with E-state index in [2.05, 4.69) is 10.3 Å². The summed E-state index contributed by atoms with van der Waals surface area (Å²) < 4.78 is 20.5. The largest absolute Gasteiger partial charge is 0.370 e. The molecule has 3 aromatic rings. The number of likely N-dealkylation sites (tertiary alicyclic amines) is 1. The van der Waals surface area contributed by atoms with Crippen molar-refractivity contribution in [2.45, 2.75) is 37.4 Å². The van der Waals surface area contributed by atoms with Crippen molar-refractivity contribution in [1.82, 2.24) is 15.2 Å². The van der Waals surface area contributed by atoms with Gasteiger partial charge in [-0.15, -0.1) is 0 Å². The Bertz CT molecular complexity index is 1210. The van der Waals surface area contributed by atoms with Gasteiger partial charge in [0.05, 0.1) is 11.7 Å². The molecule has 6 nitrogen and oxygen atoms in total. The maximum Gasteiger partial charge on any atom is 0.272 e. The molecule has 180 valence electrons. The SMILES string of the molecule is O=C(NCC1CCC2(CCN(C(=O)c3ccccn3)CC2)O1)c1cccc(-c2ccccc2F)c1. The average Bonchev–Trinajstić information content (AvgIpc) is 3.30. The van der Waals surface area contributed by atoms with Crippen LogP contribution in [0.2, 0.25) is 0 Å². The molecule has 0 aliphatic carbocycles. The van der Waals surface area contributed by atoms with Crippen molar-refractivity contribution in [1.29, 1.82) is 0 Å². The lowest BCUT2D eigenvalue weighted by Crippen LogP contribution is -2.47. The number of nitrogens with one attached hydrogen (secondary N) is 1. The quantitative estimate of drug-likeness (QED) is 0.594. The molecule has 2 amide bonds. The number of hydrogen-bond donors (Lipinski definition) is 1. The fourth-order valence-corrected chi connectivity index (χ4v) is 5.01. The smallest absolute Gasteiger partial charge is 0.272 e. The van der Waals surface area contributed by atoms with Gasteiger partial charge in [0.1, 0.15) is 11.5 Å². The molecule has 1 unspecified atom stereocenters. The lowest BCUT2D eigenvalue weighted by Gasteiger charge is -2.39. The Hall–Kier alpha value is -3.58. The zero-order valence-electron chi connectivity index (χ0n) is 19.5. The van der Waals surface area contributed by atoms with Crippen molar-refractivity contribution in [3.05, 3.63) is 90.0 Å². The van der Waals surface area contributed by atoms with Gasteiger partial charge in [-0.1, -0.05) is 36.4 Å². The average molecular weight is 474 g/mol. The first-order valence-electron chi connectivity index (χ1n) is 12.0. The molecule has 1 N–H and O–H groups in total. The maximum atomic E-state index is 14.1. The van der Waals surface area contributed by atoms with Gasteiger partial charge in [0.15, 0.2) is 0 Å². The van der Waals surface area contributed by atoms with Crippen molar-refractivity contribution >= 4 is 11.8 Å². The molecule has 1 spiro atoms. The van der Waals surface area contributed by atoms with E-state index in [0.29, 0.717) is 42.0 Å². The van der Waals surface area contributed by atoms with E-state index >= 15 is 0 Å². The number of halogens is 1. The third-order valence-electron chi connectivity index (χ3n) is 6.98. The molecular formula is C28H28FN3O3. The lowest BCUT2D eigenvalue weighted by atomic mass is 9.88. The van der Waals surface area contributed by atoms with Gasteiger partial charge in [-0.2, -0.15) is 0 Å². The molecule has 5 rings (SSSR count). The minimum atomic E-state index is -0.317. The maximum absolute atomic E-state index is 14.1. The van der Waals surface area contributed by atoms with Gasteiger partial charge >= 0.3 is 0 Å². The summed E-state index contributed by atoms with van der Waals surface area (Å²) in [4.78, 5) is 31.5. The van der Waals surface area contributed by atoms with Gasteiger partial charge < -0.3 is 15.0 Å². The van der Waals surface area contributed by atoms with E-state index in [-0.39, 0.29) is 29.3 Å². The summed E-state index contributed by atoms with van der Waals surface area (Å²) >= 11 is 0. The normalized spacial score (nSPS) is 19.0. The van der Waals surface area contributed by atoms with Crippen molar-refractivity contribution < 1.29 is 18.7 Å². The van der Waals surface area contributed by atoms with Gasteiger partial charge in [0.2, 0.25) is 0 Å². The molecule has 2 aromatic carbocycles. The van der Waals surface area contributed by atoms with Crippen LogP contribution in [0.4, 0.5) is 4.39 Å². The van der Waals surface area contributed by atoms with Crippen molar-refractivity contribution in [3.63, 3.8) is 0 Å². The Kier molecular flexibility index (Phi) is 6.59. The minimum absolute atomic E-state index is 0.0418. The Labute approximate surface area is 204 Å². The van der Waals surface area contributed by atoms with Gasteiger partial charge in [-0.25, -0.2) is 4.39 Å². The summed E-state index contributed by atoms with van der Waals surface area (Å²) in [5.74, 6) is -0.564. The van der Waals surface area contributed by atoms with Crippen LogP contribution < -0.4 is 5.32 Å². The first-order chi connectivity index (χ1) is 17.0. The first kappa shape index (κ1) is 23.2.